The van der Waals surface area contributed by atoms with E-state index in [1.807, 2.05) is 12.1 Å². The van der Waals surface area contributed by atoms with Crippen LogP contribution in [-0.2, 0) is 10.0 Å². The number of nitrogens with zero attached hydrogens (tertiary/aromatic N) is 4. The van der Waals surface area contributed by atoms with Gasteiger partial charge >= 0.3 is 0 Å². The molecular formula is C15H18N4O3S. The Balaban J connectivity index is 1.78. The third kappa shape index (κ3) is 3.48. The Morgan fingerprint density at radius 1 is 1.22 bits per heavy atom. The lowest BCUT2D eigenvalue weighted by Gasteiger charge is -2.17. The first-order valence-corrected chi connectivity index (χ1v) is 9.07. The predicted octanol–water partition coefficient (Wildman–Crippen LogP) is 1.34. The quantitative estimate of drug-likeness (QED) is 0.820. The lowest BCUT2D eigenvalue weighted by molar-refractivity contribution is 0.207. The van der Waals surface area contributed by atoms with Gasteiger partial charge in [-0.15, -0.1) is 0 Å². The lowest BCUT2D eigenvalue weighted by Crippen LogP contribution is -2.32. The van der Waals surface area contributed by atoms with Crippen LogP contribution in [-0.4, -0.2) is 52.6 Å². The summed E-state index contributed by atoms with van der Waals surface area (Å²) in [6, 6.07) is 3.67. The second-order valence-corrected chi connectivity index (χ2v) is 7.49. The highest BCUT2D eigenvalue weighted by Gasteiger charge is 2.32. The highest BCUT2D eigenvalue weighted by Crippen LogP contribution is 2.27. The molecule has 0 spiro atoms. The van der Waals surface area contributed by atoms with Crippen molar-refractivity contribution in [1.82, 2.24) is 19.3 Å². The molecule has 0 bridgehead atoms. The summed E-state index contributed by atoms with van der Waals surface area (Å²) in [7, 11) is -3.18. The van der Waals surface area contributed by atoms with Gasteiger partial charge in [-0.1, -0.05) is 0 Å². The molecule has 0 aromatic carbocycles. The number of hydrogen-bond donors (Lipinski definition) is 0. The van der Waals surface area contributed by atoms with E-state index in [1.54, 1.807) is 31.7 Å². The van der Waals surface area contributed by atoms with E-state index in [0.29, 0.717) is 31.1 Å². The Bertz CT molecular complexity index is 767. The molecule has 1 saturated heterocycles. The van der Waals surface area contributed by atoms with E-state index in [4.69, 9.17) is 4.74 Å². The van der Waals surface area contributed by atoms with Crippen molar-refractivity contribution in [3.05, 3.63) is 36.9 Å². The van der Waals surface area contributed by atoms with Gasteiger partial charge in [0.05, 0.1) is 12.3 Å². The second-order valence-electron chi connectivity index (χ2n) is 5.23. The summed E-state index contributed by atoms with van der Waals surface area (Å²) in [5.74, 6) is 0.520. The van der Waals surface area contributed by atoms with Crippen LogP contribution in [0.1, 0.15) is 13.3 Å². The molecule has 0 saturated carbocycles. The molecule has 0 amide bonds. The summed E-state index contributed by atoms with van der Waals surface area (Å²) >= 11 is 0. The first-order valence-electron chi connectivity index (χ1n) is 7.46. The lowest BCUT2D eigenvalue weighted by atomic mass is 10.2. The van der Waals surface area contributed by atoms with Crippen molar-refractivity contribution in [3.63, 3.8) is 0 Å². The minimum atomic E-state index is -3.18. The van der Waals surface area contributed by atoms with Crippen molar-refractivity contribution in [2.24, 2.45) is 0 Å². The molecule has 122 valence electrons. The fourth-order valence-corrected chi connectivity index (χ4v) is 3.65. The average Bonchev–Trinajstić information content (AvgIpc) is 3.06. The first-order chi connectivity index (χ1) is 11.1. The van der Waals surface area contributed by atoms with E-state index in [-0.39, 0.29) is 11.9 Å². The zero-order valence-corrected chi connectivity index (χ0v) is 13.6. The van der Waals surface area contributed by atoms with Gasteiger partial charge in [0.25, 0.3) is 0 Å². The van der Waals surface area contributed by atoms with E-state index in [1.165, 1.54) is 4.31 Å². The Kier molecular flexibility index (Phi) is 4.53. The van der Waals surface area contributed by atoms with Crippen LogP contribution in [0.3, 0.4) is 0 Å². The molecule has 0 aliphatic carbocycles. The minimum absolute atomic E-state index is 0.104. The second kappa shape index (κ2) is 6.59. The van der Waals surface area contributed by atoms with Crippen LogP contribution in [0.4, 0.5) is 0 Å². The van der Waals surface area contributed by atoms with Gasteiger partial charge in [0.2, 0.25) is 15.9 Å². The summed E-state index contributed by atoms with van der Waals surface area (Å²) in [6.07, 6.45) is 6.96. The maximum Gasteiger partial charge on any atom is 0.240 e. The zero-order valence-electron chi connectivity index (χ0n) is 12.8. The molecule has 7 nitrogen and oxygen atoms in total. The zero-order chi connectivity index (χ0) is 16.3. The number of aromatic nitrogens is 3. The van der Waals surface area contributed by atoms with Crippen molar-refractivity contribution >= 4 is 10.0 Å². The third-order valence-corrected chi connectivity index (χ3v) is 5.61. The van der Waals surface area contributed by atoms with Gasteiger partial charge in [-0.05, 0) is 25.5 Å². The molecule has 1 unspecified atom stereocenters. The molecule has 1 aliphatic rings. The number of sulfonamides is 1. The molecule has 3 rings (SSSR count). The molecule has 2 aromatic heterocycles. The molecule has 2 aromatic rings. The van der Waals surface area contributed by atoms with Crippen molar-refractivity contribution < 1.29 is 13.2 Å². The van der Waals surface area contributed by atoms with Gasteiger partial charge in [-0.2, -0.15) is 4.31 Å². The Morgan fingerprint density at radius 3 is 2.70 bits per heavy atom. The summed E-state index contributed by atoms with van der Waals surface area (Å²) in [5, 5.41) is 0. The largest absolute Gasteiger partial charge is 0.471 e. The fourth-order valence-electron chi connectivity index (χ4n) is 2.51. The normalized spacial score (nSPS) is 18.9. The average molecular weight is 334 g/mol. The van der Waals surface area contributed by atoms with Gasteiger partial charge in [-0.3, -0.25) is 4.98 Å². The van der Waals surface area contributed by atoms with E-state index < -0.39 is 10.0 Å². The molecule has 8 heteroatoms. The van der Waals surface area contributed by atoms with E-state index in [2.05, 4.69) is 15.0 Å². The Labute approximate surface area is 135 Å². The summed E-state index contributed by atoms with van der Waals surface area (Å²) in [4.78, 5) is 12.6. The van der Waals surface area contributed by atoms with E-state index >= 15 is 0 Å². The predicted molar refractivity (Wildman–Crippen MR) is 85.3 cm³/mol. The van der Waals surface area contributed by atoms with Crippen LogP contribution in [0.5, 0.6) is 5.88 Å². The molecule has 1 fully saturated rings. The van der Waals surface area contributed by atoms with Crippen molar-refractivity contribution in [3.8, 4) is 17.1 Å². The van der Waals surface area contributed by atoms with Crippen LogP contribution in [0.15, 0.2) is 36.9 Å². The van der Waals surface area contributed by atoms with Crippen LogP contribution >= 0.6 is 0 Å². The molecular weight excluding hydrogens is 316 g/mol. The van der Waals surface area contributed by atoms with Gasteiger partial charge in [0.1, 0.15) is 11.8 Å². The number of ether oxygens (including phenoxy) is 1. The highest BCUT2D eigenvalue weighted by atomic mass is 32.2. The SMILES string of the molecule is CCS(=O)(=O)N1CCC(Oc2nccnc2-c2ccncc2)C1. The van der Waals surface area contributed by atoms with Crippen LogP contribution < -0.4 is 4.74 Å². The van der Waals surface area contributed by atoms with Gasteiger partial charge < -0.3 is 4.74 Å². The summed E-state index contributed by atoms with van der Waals surface area (Å²) < 4.78 is 31.2. The number of rotatable bonds is 5. The van der Waals surface area contributed by atoms with Crippen molar-refractivity contribution in [2.75, 3.05) is 18.8 Å². The van der Waals surface area contributed by atoms with E-state index in [0.717, 1.165) is 5.56 Å². The molecule has 1 atom stereocenters. The fraction of sp³-hybridized carbons (Fsp3) is 0.400. The van der Waals surface area contributed by atoms with Crippen molar-refractivity contribution in [2.45, 2.75) is 19.4 Å². The van der Waals surface area contributed by atoms with Gasteiger partial charge in [-0.25, -0.2) is 18.4 Å². The van der Waals surface area contributed by atoms with Crippen LogP contribution in [0, 0.1) is 0 Å². The molecule has 23 heavy (non-hydrogen) atoms. The first kappa shape index (κ1) is 15.8. The topological polar surface area (TPSA) is 85.3 Å². The molecule has 0 radical (unpaired) electrons. The minimum Gasteiger partial charge on any atom is -0.471 e. The number of pyridine rings is 1. The highest BCUT2D eigenvalue weighted by molar-refractivity contribution is 7.89. The number of hydrogen-bond acceptors (Lipinski definition) is 6. The van der Waals surface area contributed by atoms with Gasteiger partial charge in [0.15, 0.2) is 0 Å². The maximum absolute atomic E-state index is 11.9. The maximum atomic E-state index is 11.9. The Hall–Kier alpha value is -2.06. The summed E-state index contributed by atoms with van der Waals surface area (Å²) in [6.45, 7) is 2.47. The van der Waals surface area contributed by atoms with Crippen LogP contribution in [0.2, 0.25) is 0 Å². The molecule has 0 N–H and O–H groups in total. The third-order valence-electron chi connectivity index (χ3n) is 3.76. The molecule has 1 aliphatic heterocycles. The summed E-state index contributed by atoms with van der Waals surface area (Å²) in [5.41, 5.74) is 1.49. The van der Waals surface area contributed by atoms with Gasteiger partial charge in [0, 0.05) is 36.9 Å². The van der Waals surface area contributed by atoms with Crippen LogP contribution in [0.25, 0.3) is 11.3 Å². The van der Waals surface area contributed by atoms with Crippen molar-refractivity contribution in [1.29, 1.82) is 0 Å². The Morgan fingerprint density at radius 2 is 1.96 bits per heavy atom. The monoisotopic (exact) mass is 334 g/mol. The smallest absolute Gasteiger partial charge is 0.240 e. The van der Waals surface area contributed by atoms with E-state index in [9.17, 15) is 8.42 Å². The molecule has 3 heterocycles. The standard InChI is InChI=1S/C15H18N4O3S/c1-2-23(20,21)19-10-5-13(11-19)22-15-14(17-8-9-18-15)12-3-6-16-7-4-12/h3-4,6-9,13H,2,5,10-11H2,1H3.